The lowest BCUT2D eigenvalue weighted by Crippen LogP contribution is -2.25. The Morgan fingerprint density at radius 3 is 2.07 bits per heavy atom. The van der Waals surface area contributed by atoms with Gasteiger partial charge in [-0.05, 0) is 35.7 Å². The number of benzene rings is 3. The van der Waals surface area contributed by atoms with Gasteiger partial charge >= 0.3 is 0 Å². The van der Waals surface area contributed by atoms with Gasteiger partial charge in [-0.25, -0.2) is 0 Å². The normalized spacial score (nSPS) is 14.4. The van der Waals surface area contributed by atoms with Crippen molar-refractivity contribution in [1.29, 1.82) is 0 Å². The molecule has 0 heterocycles. The Morgan fingerprint density at radius 2 is 1.52 bits per heavy atom. The molecule has 2 nitrogen and oxygen atoms in total. The minimum atomic E-state index is -0.0865. The quantitative estimate of drug-likeness (QED) is 0.580. The average Bonchev–Trinajstić information content (AvgIpc) is 2.67. The first kappa shape index (κ1) is 17.7. The predicted molar refractivity (Wildman–Crippen MR) is 108 cm³/mol. The Balaban J connectivity index is 1.96. The Kier molecular flexibility index (Phi) is 4.67. The van der Waals surface area contributed by atoms with Crippen molar-refractivity contribution in [2.24, 2.45) is 0 Å². The third-order valence-corrected chi connectivity index (χ3v) is 5.50. The van der Waals surface area contributed by atoms with Crippen LogP contribution in [0.15, 0.2) is 72.8 Å². The van der Waals surface area contributed by atoms with Gasteiger partial charge in [-0.2, -0.15) is 0 Å². The molecule has 3 aromatic rings. The fourth-order valence-corrected chi connectivity index (χ4v) is 4.37. The highest BCUT2D eigenvalue weighted by Crippen LogP contribution is 2.46. The van der Waals surface area contributed by atoms with Gasteiger partial charge in [-0.1, -0.05) is 72.3 Å². The summed E-state index contributed by atoms with van der Waals surface area (Å²) in [6.45, 7) is 1.61. The molecule has 1 aliphatic carbocycles. The number of hydrogen-bond donors (Lipinski definition) is 0. The number of carbonyl (C=O) groups is 2. The lowest BCUT2D eigenvalue weighted by Gasteiger charge is -2.34. The minimum absolute atomic E-state index is 0.0464. The van der Waals surface area contributed by atoms with E-state index in [4.69, 9.17) is 11.6 Å². The summed E-state index contributed by atoms with van der Waals surface area (Å²) in [7, 11) is 0. The maximum atomic E-state index is 13.0. The Hall–Kier alpha value is -2.71. The molecule has 0 radical (unpaired) electrons. The zero-order chi connectivity index (χ0) is 19.0. The largest absolute Gasteiger partial charge is 0.300 e. The molecule has 0 bridgehead atoms. The van der Waals surface area contributed by atoms with E-state index in [0.717, 1.165) is 27.8 Å². The summed E-state index contributed by atoms with van der Waals surface area (Å²) < 4.78 is 0. The van der Waals surface area contributed by atoms with Crippen LogP contribution in [-0.4, -0.2) is 11.6 Å². The van der Waals surface area contributed by atoms with E-state index in [0.29, 0.717) is 11.4 Å². The zero-order valence-electron chi connectivity index (χ0n) is 15.0. The predicted octanol–water partition coefficient (Wildman–Crippen LogP) is 5.78. The monoisotopic (exact) mass is 374 g/mol. The molecule has 0 aliphatic heterocycles. The van der Waals surface area contributed by atoms with Gasteiger partial charge in [-0.15, -0.1) is 0 Å². The van der Waals surface area contributed by atoms with Crippen LogP contribution in [0.25, 0.3) is 0 Å². The molecule has 0 N–H and O–H groups in total. The van der Waals surface area contributed by atoms with Crippen molar-refractivity contribution in [3.63, 3.8) is 0 Å². The summed E-state index contributed by atoms with van der Waals surface area (Å²) in [4.78, 5) is 25.1. The third-order valence-electron chi connectivity index (χ3n) is 5.27. The molecule has 0 unspecified atom stereocenters. The molecule has 0 amide bonds. The summed E-state index contributed by atoms with van der Waals surface area (Å²) >= 11 is 6.25. The van der Waals surface area contributed by atoms with Crippen LogP contribution in [0.1, 0.15) is 57.8 Å². The lowest BCUT2D eigenvalue weighted by atomic mass is 9.68. The summed E-state index contributed by atoms with van der Waals surface area (Å²) in [6.07, 6.45) is 0.391. The van der Waals surface area contributed by atoms with Gasteiger partial charge in [-0.3, -0.25) is 4.79 Å². The molecular weight excluding hydrogens is 356 g/mol. The van der Waals surface area contributed by atoms with Crippen molar-refractivity contribution in [1.82, 2.24) is 0 Å². The van der Waals surface area contributed by atoms with Gasteiger partial charge in [0.15, 0.2) is 5.78 Å². The maximum absolute atomic E-state index is 13.0. The summed E-state index contributed by atoms with van der Waals surface area (Å²) in [5, 5.41) is 0.648. The number of carbonyl (C=O) groups excluding carboxylic acids is 2. The van der Waals surface area contributed by atoms with E-state index in [1.807, 2.05) is 72.8 Å². The Bertz CT molecular complexity index is 988. The van der Waals surface area contributed by atoms with Crippen LogP contribution in [-0.2, 0) is 4.79 Å². The van der Waals surface area contributed by atoms with Crippen molar-refractivity contribution < 1.29 is 9.59 Å². The second-order valence-corrected chi connectivity index (χ2v) is 7.49. The van der Waals surface area contributed by atoms with Crippen LogP contribution in [0.4, 0.5) is 0 Å². The second-order valence-electron chi connectivity index (χ2n) is 7.05. The van der Waals surface area contributed by atoms with E-state index >= 15 is 0 Å². The van der Waals surface area contributed by atoms with Gasteiger partial charge in [0.1, 0.15) is 5.78 Å². The zero-order valence-corrected chi connectivity index (χ0v) is 15.7. The molecule has 1 atom stereocenters. The SMILES string of the molecule is CC(=O)C[C@H](c1cccc(Cl)c1)C1c2ccccc2C(=O)c2ccccc21. The fourth-order valence-electron chi connectivity index (χ4n) is 4.17. The topological polar surface area (TPSA) is 34.1 Å². The highest BCUT2D eigenvalue weighted by atomic mass is 35.5. The summed E-state index contributed by atoms with van der Waals surface area (Å²) in [5.41, 5.74) is 4.41. The molecule has 3 aromatic carbocycles. The smallest absolute Gasteiger partial charge is 0.193 e. The highest BCUT2D eigenvalue weighted by molar-refractivity contribution is 6.30. The van der Waals surface area contributed by atoms with E-state index in [1.165, 1.54) is 0 Å². The van der Waals surface area contributed by atoms with Crippen LogP contribution in [0.2, 0.25) is 5.02 Å². The van der Waals surface area contributed by atoms with Crippen molar-refractivity contribution in [2.45, 2.75) is 25.2 Å². The van der Waals surface area contributed by atoms with Crippen LogP contribution >= 0.6 is 11.6 Å². The van der Waals surface area contributed by atoms with E-state index in [9.17, 15) is 9.59 Å². The number of fused-ring (bicyclic) bond motifs is 2. The first-order valence-corrected chi connectivity index (χ1v) is 9.41. The highest BCUT2D eigenvalue weighted by Gasteiger charge is 2.36. The van der Waals surface area contributed by atoms with Crippen molar-refractivity contribution in [3.8, 4) is 0 Å². The molecule has 1 aliphatic rings. The number of ketones is 2. The van der Waals surface area contributed by atoms with E-state index in [-0.39, 0.29) is 23.4 Å². The van der Waals surface area contributed by atoms with Crippen molar-refractivity contribution in [2.75, 3.05) is 0 Å². The van der Waals surface area contributed by atoms with Crippen molar-refractivity contribution in [3.05, 3.63) is 106 Å². The summed E-state index contributed by atoms with van der Waals surface area (Å²) in [5.74, 6) is 0.00558. The van der Waals surface area contributed by atoms with Gasteiger partial charge in [0.25, 0.3) is 0 Å². The van der Waals surface area contributed by atoms with Crippen LogP contribution in [0.3, 0.4) is 0 Å². The minimum Gasteiger partial charge on any atom is -0.300 e. The molecule has 0 aromatic heterocycles. The third kappa shape index (κ3) is 3.22. The number of halogens is 1. The number of hydrogen-bond acceptors (Lipinski definition) is 2. The molecule has 0 spiro atoms. The van der Waals surface area contributed by atoms with E-state index in [2.05, 4.69) is 0 Å². The Labute approximate surface area is 163 Å². The molecule has 0 saturated heterocycles. The van der Waals surface area contributed by atoms with Crippen LogP contribution in [0, 0.1) is 0 Å². The van der Waals surface area contributed by atoms with Gasteiger partial charge in [0.05, 0.1) is 0 Å². The summed E-state index contributed by atoms with van der Waals surface area (Å²) in [6, 6.07) is 23.1. The van der Waals surface area contributed by atoms with Gasteiger partial charge in [0.2, 0.25) is 0 Å². The average molecular weight is 375 g/mol. The molecule has 3 heteroatoms. The van der Waals surface area contributed by atoms with Crippen LogP contribution in [0.5, 0.6) is 0 Å². The molecular formula is C24H19ClO2. The number of Topliss-reactive ketones (excluding diaryl/α,β-unsaturated/α-hetero) is 1. The van der Waals surface area contributed by atoms with E-state index < -0.39 is 0 Å². The number of rotatable bonds is 4. The van der Waals surface area contributed by atoms with Crippen LogP contribution < -0.4 is 0 Å². The lowest BCUT2D eigenvalue weighted by molar-refractivity contribution is -0.117. The fraction of sp³-hybridized carbons (Fsp3) is 0.167. The van der Waals surface area contributed by atoms with E-state index in [1.54, 1.807) is 6.92 Å². The van der Waals surface area contributed by atoms with Gasteiger partial charge in [0, 0.05) is 34.4 Å². The second kappa shape index (κ2) is 7.13. The molecule has 0 fully saturated rings. The molecule has 134 valence electrons. The molecule has 0 saturated carbocycles. The first-order valence-electron chi connectivity index (χ1n) is 9.03. The molecule has 4 rings (SSSR count). The maximum Gasteiger partial charge on any atom is 0.193 e. The van der Waals surface area contributed by atoms with Gasteiger partial charge < -0.3 is 4.79 Å². The van der Waals surface area contributed by atoms with Crippen molar-refractivity contribution >= 4 is 23.2 Å². The first-order chi connectivity index (χ1) is 13.1. The molecule has 27 heavy (non-hydrogen) atoms. The Morgan fingerprint density at radius 1 is 0.926 bits per heavy atom. The standard InChI is InChI=1S/C24H19ClO2/c1-15(26)13-22(16-7-6-8-17(25)14-16)23-18-9-2-4-11-20(18)24(27)21-12-5-3-10-19(21)23/h2-12,14,22-23H,13H2,1H3/t22-/m1/s1.